The summed E-state index contributed by atoms with van der Waals surface area (Å²) in [6.07, 6.45) is 1.49. The van der Waals surface area contributed by atoms with Gasteiger partial charge in [0, 0.05) is 25.2 Å². The average molecular weight is 312 g/mol. The molecule has 2 amide bonds. The lowest BCUT2D eigenvalue weighted by Gasteiger charge is -2.16. The Morgan fingerprint density at radius 2 is 1.87 bits per heavy atom. The zero-order chi connectivity index (χ0) is 16.2. The number of nitrogens with one attached hydrogen (secondary N) is 1. The van der Waals surface area contributed by atoms with Crippen molar-refractivity contribution < 1.29 is 14.0 Å². The molecule has 0 aliphatic carbocycles. The van der Waals surface area contributed by atoms with Gasteiger partial charge in [0.25, 0.3) is 5.91 Å². The number of amides is 2. The molecule has 4 nitrogen and oxygen atoms in total. The molecule has 1 saturated heterocycles. The van der Waals surface area contributed by atoms with Crippen molar-refractivity contribution in [2.24, 2.45) is 0 Å². The largest absolute Gasteiger partial charge is 0.348 e. The maximum Gasteiger partial charge on any atom is 0.254 e. The number of anilines is 1. The molecule has 2 aromatic rings. The van der Waals surface area contributed by atoms with E-state index in [1.54, 1.807) is 17.0 Å². The van der Waals surface area contributed by atoms with E-state index in [-0.39, 0.29) is 11.5 Å². The third-order valence-corrected chi connectivity index (χ3v) is 3.89. The molecule has 3 rings (SSSR count). The van der Waals surface area contributed by atoms with Crippen LogP contribution in [0.25, 0.3) is 0 Å². The van der Waals surface area contributed by atoms with E-state index in [0.717, 1.165) is 24.2 Å². The van der Waals surface area contributed by atoms with E-state index in [9.17, 15) is 14.0 Å². The molecule has 1 N–H and O–H groups in total. The van der Waals surface area contributed by atoms with E-state index in [4.69, 9.17) is 0 Å². The zero-order valence-corrected chi connectivity index (χ0v) is 12.6. The molecule has 0 bridgehead atoms. The number of benzene rings is 2. The maximum atomic E-state index is 13.5. The molecule has 118 valence electrons. The molecule has 0 unspecified atom stereocenters. The van der Waals surface area contributed by atoms with E-state index in [0.29, 0.717) is 13.0 Å². The van der Waals surface area contributed by atoms with Gasteiger partial charge in [0.2, 0.25) is 5.91 Å². The summed E-state index contributed by atoms with van der Waals surface area (Å²) < 4.78 is 13.5. The Morgan fingerprint density at radius 3 is 2.52 bits per heavy atom. The van der Waals surface area contributed by atoms with Crippen molar-refractivity contribution in [2.45, 2.75) is 19.4 Å². The molecule has 23 heavy (non-hydrogen) atoms. The fraction of sp³-hybridized carbons (Fsp3) is 0.222. The number of halogens is 1. The minimum Gasteiger partial charge on any atom is -0.348 e. The van der Waals surface area contributed by atoms with Crippen LogP contribution in [0.15, 0.2) is 48.5 Å². The van der Waals surface area contributed by atoms with Gasteiger partial charge in [-0.3, -0.25) is 9.59 Å². The Morgan fingerprint density at radius 1 is 1.13 bits per heavy atom. The van der Waals surface area contributed by atoms with Gasteiger partial charge in [-0.2, -0.15) is 0 Å². The summed E-state index contributed by atoms with van der Waals surface area (Å²) in [5, 5.41) is 2.69. The standard InChI is InChI=1S/C18H17FN2O2/c19-16-5-2-1-4-15(16)18(23)20-12-13-7-9-14(10-8-13)21-11-3-6-17(21)22/h1-2,4-5,7-10H,3,6,11-12H2,(H,20,23). The molecule has 1 aliphatic rings. The SMILES string of the molecule is O=C(NCc1ccc(N2CCCC2=O)cc1)c1ccccc1F. The molecule has 2 aromatic carbocycles. The summed E-state index contributed by atoms with van der Waals surface area (Å²) in [7, 11) is 0. The summed E-state index contributed by atoms with van der Waals surface area (Å²) in [4.78, 5) is 25.4. The fourth-order valence-corrected chi connectivity index (χ4v) is 2.64. The smallest absolute Gasteiger partial charge is 0.254 e. The normalized spacial score (nSPS) is 14.1. The second-order valence-electron chi connectivity index (χ2n) is 5.48. The van der Waals surface area contributed by atoms with Crippen molar-refractivity contribution in [3.8, 4) is 0 Å². The first-order valence-electron chi connectivity index (χ1n) is 7.57. The summed E-state index contributed by atoms with van der Waals surface area (Å²) >= 11 is 0. The Hall–Kier alpha value is -2.69. The van der Waals surface area contributed by atoms with Crippen molar-refractivity contribution in [3.63, 3.8) is 0 Å². The Balaban J connectivity index is 1.62. The van der Waals surface area contributed by atoms with Crippen LogP contribution in [0.1, 0.15) is 28.8 Å². The molecule has 0 aromatic heterocycles. The van der Waals surface area contributed by atoms with Gasteiger partial charge < -0.3 is 10.2 Å². The monoisotopic (exact) mass is 312 g/mol. The summed E-state index contributed by atoms with van der Waals surface area (Å²) in [5.74, 6) is -0.833. The predicted octanol–water partition coefficient (Wildman–Crippen LogP) is 2.88. The van der Waals surface area contributed by atoms with Crippen LogP contribution in [0.2, 0.25) is 0 Å². The van der Waals surface area contributed by atoms with Crippen LogP contribution >= 0.6 is 0 Å². The van der Waals surface area contributed by atoms with Crippen LogP contribution in [-0.2, 0) is 11.3 Å². The lowest BCUT2D eigenvalue weighted by atomic mass is 10.1. The topological polar surface area (TPSA) is 49.4 Å². The van der Waals surface area contributed by atoms with Crippen LogP contribution < -0.4 is 10.2 Å². The van der Waals surface area contributed by atoms with Gasteiger partial charge in [-0.15, -0.1) is 0 Å². The number of hydrogen-bond donors (Lipinski definition) is 1. The van der Waals surface area contributed by atoms with Crippen molar-refractivity contribution in [2.75, 3.05) is 11.4 Å². The fourth-order valence-electron chi connectivity index (χ4n) is 2.64. The highest BCUT2D eigenvalue weighted by atomic mass is 19.1. The molecule has 0 spiro atoms. The molecule has 0 atom stereocenters. The van der Waals surface area contributed by atoms with Gasteiger partial charge in [-0.05, 0) is 36.2 Å². The quantitative estimate of drug-likeness (QED) is 0.944. The first kappa shape index (κ1) is 15.2. The van der Waals surface area contributed by atoms with E-state index in [2.05, 4.69) is 5.32 Å². The third kappa shape index (κ3) is 3.39. The van der Waals surface area contributed by atoms with Gasteiger partial charge in [-0.25, -0.2) is 4.39 Å². The average Bonchev–Trinajstić information content (AvgIpc) is 2.99. The van der Waals surface area contributed by atoms with Crippen LogP contribution in [0.5, 0.6) is 0 Å². The summed E-state index contributed by atoms with van der Waals surface area (Å²) in [6.45, 7) is 1.06. The predicted molar refractivity (Wildman–Crippen MR) is 85.6 cm³/mol. The van der Waals surface area contributed by atoms with E-state index in [1.165, 1.54) is 12.1 Å². The minimum atomic E-state index is -0.534. The van der Waals surface area contributed by atoms with Gasteiger partial charge in [0.1, 0.15) is 5.82 Å². The number of carbonyl (C=O) groups excluding carboxylic acids is 2. The van der Waals surface area contributed by atoms with Gasteiger partial charge in [0.15, 0.2) is 0 Å². The van der Waals surface area contributed by atoms with Crippen LogP contribution in [0.4, 0.5) is 10.1 Å². The van der Waals surface area contributed by atoms with Crippen LogP contribution in [0.3, 0.4) is 0 Å². The van der Waals surface area contributed by atoms with Crippen molar-refractivity contribution in [1.82, 2.24) is 5.32 Å². The van der Waals surface area contributed by atoms with E-state index >= 15 is 0 Å². The number of hydrogen-bond acceptors (Lipinski definition) is 2. The third-order valence-electron chi connectivity index (χ3n) is 3.89. The zero-order valence-electron chi connectivity index (χ0n) is 12.6. The van der Waals surface area contributed by atoms with Gasteiger partial charge >= 0.3 is 0 Å². The molecular formula is C18H17FN2O2. The molecular weight excluding hydrogens is 295 g/mol. The number of rotatable bonds is 4. The molecule has 0 saturated carbocycles. The lowest BCUT2D eigenvalue weighted by molar-refractivity contribution is -0.117. The highest BCUT2D eigenvalue weighted by molar-refractivity contribution is 5.95. The first-order valence-corrected chi connectivity index (χ1v) is 7.57. The van der Waals surface area contributed by atoms with Crippen LogP contribution in [0, 0.1) is 5.82 Å². The summed E-state index contributed by atoms with van der Waals surface area (Å²) in [6, 6.07) is 13.3. The molecule has 5 heteroatoms. The molecule has 1 fully saturated rings. The van der Waals surface area contributed by atoms with Gasteiger partial charge in [0.05, 0.1) is 5.56 Å². The lowest BCUT2D eigenvalue weighted by Crippen LogP contribution is -2.24. The molecule has 1 aliphatic heterocycles. The van der Waals surface area contributed by atoms with Gasteiger partial charge in [-0.1, -0.05) is 24.3 Å². The maximum absolute atomic E-state index is 13.5. The molecule has 0 radical (unpaired) electrons. The second kappa shape index (κ2) is 6.60. The van der Waals surface area contributed by atoms with Crippen molar-refractivity contribution in [3.05, 3.63) is 65.5 Å². The highest BCUT2D eigenvalue weighted by Gasteiger charge is 2.21. The molecule has 1 heterocycles. The van der Waals surface area contributed by atoms with E-state index in [1.807, 2.05) is 24.3 Å². The Kier molecular flexibility index (Phi) is 4.37. The van der Waals surface area contributed by atoms with Crippen LogP contribution in [-0.4, -0.2) is 18.4 Å². The first-order chi connectivity index (χ1) is 11.1. The number of carbonyl (C=O) groups is 2. The summed E-state index contributed by atoms with van der Waals surface area (Å²) in [5.41, 5.74) is 1.80. The highest BCUT2D eigenvalue weighted by Crippen LogP contribution is 2.21. The second-order valence-corrected chi connectivity index (χ2v) is 5.48. The minimum absolute atomic E-state index is 0.0341. The van der Waals surface area contributed by atoms with E-state index < -0.39 is 11.7 Å². The van der Waals surface area contributed by atoms with Crippen molar-refractivity contribution in [1.29, 1.82) is 0 Å². The Bertz CT molecular complexity index is 728. The Labute approximate surface area is 133 Å². The number of nitrogens with zero attached hydrogens (tertiary/aromatic N) is 1. The van der Waals surface area contributed by atoms with Crippen molar-refractivity contribution >= 4 is 17.5 Å².